The largest absolute Gasteiger partial charge is 0.443 e. The van der Waals surface area contributed by atoms with Gasteiger partial charge in [0.25, 0.3) is 0 Å². The average molecular weight is 87.1 g/mol. The summed E-state index contributed by atoms with van der Waals surface area (Å²) >= 11 is 0. The van der Waals surface area contributed by atoms with Gasteiger partial charge in [0.2, 0.25) is 0 Å². The Bertz CT molecular complexity index is 40.8. The van der Waals surface area contributed by atoms with Crippen LogP contribution in [0.25, 0.3) is 0 Å². The molecule has 1 N–H and O–H groups in total. The molecule has 1 rings (SSSR count). The third kappa shape index (κ3) is 0.698. The molecular formula is C4H9NO. The van der Waals surface area contributed by atoms with E-state index in [9.17, 15) is 0 Å². The van der Waals surface area contributed by atoms with Crippen LogP contribution in [0, 0.1) is 7.05 Å². The number of nitrogens with one attached hydrogen (secondary N) is 1. The fourth-order valence-corrected chi connectivity index (χ4v) is 0.505. The van der Waals surface area contributed by atoms with E-state index < -0.39 is 0 Å². The van der Waals surface area contributed by atoms with E-state index in [0.717, 1.165) is 19.9 Å². The Balaban J connectivity index is 2.18. The highest BCUT2D eigenvalue weighted by Crippen LogP contribution is 1.69. The zero-order valence-corrected chi connectivity index (χ0v) is 3.74. The minimum atomic E-state index is 0.792. The smallest absolute Gasteiger partial charge is 0.157 e. The van der Waals surface area contributed by atoms with Crippen LogP contribution in [0.1, 0.15) is 0 Å². The van der Waals surface area contributed by atoms with Gasteiger partial charge >= 0.3 is 0 Å². The molecule has 1 fully saturated rings. The van der Waals surface area contributed by atoms with Crippen molar-refractivity contribution >= 4 is 0 Å². The molecule has 0 aromatic carbocycles. The standard InChI is InChI=1S/C4H9NO/c1-5-2-3-6-4-5/h5H,1-4H2. The highest BCUT2D eigenvalue weighted by molar-refractivity contribution is 4.27. The summed E-state index contributed by atoms with van der Waals surface area (Å²) in [6.45, 7) is 2.75. The van der Waals surface area contributed by atoms with Crippen molar-refractivity contribution in [3.05, 3.63) is 7.05 Å². The second kappa shape index (κ2) is 1.58. The number of ether oxygens (including phenoxy) is 1. The molecule has 0 aliphatic carbocycles. The molecule has 1 unspecified atom stereocenters. The van der Waals surface area contributed by atoms with Crippen molar-refractivity contribution in [1.82, 2.24) is 0 Å². The summed E-state index contributed by atoms with van der Waals surface area (Å²) < 4.78 is 4.96. The molecule has 6 heavy (non-hydrogen) atoms. The summed E-state index contributed by atoms with van der Waals surface area (Å²) in [5.74, 6) is 0. The maximum atomic E-state index is 4.96. The fourth-order valence-electron chi connectivity index (χ4n) is 0.505. The molecule has 1 atom stereocenters. The minimum absolute atomic E-state index is 0.792. The van der Waals surface area contributed by atoms with Gasteiger partial charge in [-0.05, 0) is 0 Å². The van der Waals surface area contributed by atoms with E-state index in [1.807, 2.05) is 0 Å². The lowest BCUT2D eigenvalue weighted by Crippen LogP contribution is -3.04. The summed E-state index contributed by atoms with van der Waals surface area (Å²) in [7, 11) is 3.73. The van der Waals surface area contributed by atoms with Crippen molar-refractivity contribution in [2.45, 2.75) is 0 Å². The molecule has 0 aromatic heterocycles. The van der Waals surface area contributed by atoms with E-state index >= 15 is 0 Å². The van der Waals surface area contributed by atoms with Crippen molar-refractivity contribution in [1.29, 1.82) is 0 Å². The van der Waals surface area contributed by atoms with Gasteiger partial charge in [0.05, 0.1) is 13.2 Å². The van der Waals surface area contributed by atoms with Gasteiger partial charge < -0.3 is 9.64 Å². The Labute approximate surface area is 37.7 Å². The van der Waals surface area contributed by atoms with Gasteiger partial charge in [-0.25, -0.2) is 0 Å². The molecule has 0 saturated carbocycles. The minimum Gasteiger partial charge on any atom is -0.443 e. The first-order valence-electron chi connectivity index (χ1n) is 2.14. The fraction of sp³-hybridized carbons (Fsp3) is 0.750. The van der Waals surface area contributed by atoms with E-state index in [4.69, 9.17) is 4.74 Å². The first kappa shape index (κ1) is 4.09. The molecule has 2 nitrogen and oxygen atoms in total. The van der Waals surface area contributed by atoms with Gasteiger partial charge in [-0.3, -0.25) is 0 Å². The molecule has 1 aliphatic heterocycles. The topological polar surface area (TPSA) is 13.7 Å². The van der Waals surface area contributed by atoms with Gasteiger partial charge in [-0.1, -0.05) is 0 Å². The van der Waals surface area contributed by atoms with Crippen LogP contribution in [0.5, 0.6) is 0 Å². The molecule has 0 bridgehead atoms. The Morgan fingerprint density at radius 2 is 2.50 bits per heavy atom. The summed E-state index contributed by atoms with van der Waals surface area (Å²) in [6, 6.07) is 0. The lowest BCUT2D eigenvalue weighted by molar-refractivity contribution is -0.850. The maximum absolute atomic E-state index is 4.96. The molecule has 2 heteroatoms. The van der Waals surface area contributed by atoms with Crippen LogP contribution in [-0.2, 0) is 4.74 Å². The van der Waals surface area contributed by atoms with Gasteiger partial charge in [-0.2, -0.15) is 0 Å². The summed E-state index contributed by atoms with van der Waals surface area (Å²) in [6.07, 6.45) is 0. The monoisotopic (exact) mass is 87.1 g/mol. The molecule has 1 aliphatic rings. The molecule has 0 radical (unpaired) electrons. The van der Waals surface area contributed by atoms with Gasteiger partial charge in [0.1, 0.15) is 0 Å². The van der Waals surface area contributed by atoms with E-state index in [2.05, 4.69) is 7.05 Å². The molecule has 0 aromatic rings. The number of hydrogen-bond donors (Lipinski definition) is 1. The normalized spacial score (nSPS) is 34.5. The number of hydrogen-bond acceptors (Lipinski definition) is 1. The molecule has 0 amide bonds. The summed E-state index contributed by atoms with van der Waals surface area (Å²) in [5.41, 5.74) is 0. The first-order chi connectivity index (χ1) is 2.89. The zero-order chi connectivity index (χ0) is 4.41. The summed E-state index contributed by atoms with van der Waals surface area (Å²) in [4.78, 5) is 1.23. The van der Waals surface area contributed by atoms with E-state index in [1.165, 1.54) is 4.90 Å². The third-order valence-corrected chi connectivity index (χ3v) is 0.906. The maximum Gasteiger partial charge on any atom is 0.157 e. The lowest BCUT2D eigenvalue weighted by atomic mass is 10.7. The van der Waals surface area contributed by atoms with Crippen LogP contribution < -0.4 is 4.90 Å². The van der Waals surface area contributed by atoms with Crippen LogP contribution in [0.2, 0.25) is 0 Å². The Morgan fingerprint density at radius 1 is 1.67 bits per heavy atom. The van der Waals surface area contributed by atoms with Gasteiger partial charge in [0, 0.05) is 0 Å². The number of rotatable bonds is 0. The van der Waals surface area contributed by atoms with E-state index in [1.54, 1.807) is 0 Å². The van der Waals surface area contributed by atoms with Crippen LogP contribution in [-0.4, -0.2) is 19.9 Å². The predicted molar refractivity (Wildman–Crippen MR) is 22.0 cm³/mol. The number of quaternary nitrogens is 1. The van der Waals surface area contributed by atoms with Crippen molar-refractivity contribution in [2.75, 3.05) is 19.9 Å². The average Bonchev–Trinajstić information content (AvgIpc) is 1.86. The van der Waals surface area contributed by atoms with Gasteiger partial charge in [-0.15, -0.1) is 7.05 Å². The van der Waals surface area contributed by atoms with Crippen molar-refractivity contribution in [2.24, 2.45) is 0 Å². The van der Waals surface area contributed by atoms with Crippen LogP contribution in [0.4, 0.5) is 0 Å². The quantitative estimate of drug-likeness (QED) is 0.361. The molecule has 1 heterocycles. The third-order valence-electron chi connectivity index (χ3n) is 0.906. The Morgan fingerprint density at radius 3 is 2.67 bits per heavy atom. The predicted octanol–water partition coefficient (Wildman–Crippen LogP) is -1.35. The van der Waals surface area contributed by atoms with Crippen molar-refractivity contribution in [3.8, 4) is 0 Å². The lowest BCUT2D eigenvalue weighted by Gasteiger charge is -2.06. The van der Waals surface area contributed by atoms with Gasteiger partial charge in [0.15, 0.2) is 6.73 Å². The van der Waals surface area contributed by atoms with Crippen LogP contribution in [0.3, 0.4) is 0 Å². The van der Waals surface area contributed by atoms with Crippen molar-refractivity contribution < 1.29 is 9.64 Å². The first-order valence-corrected chi connectivity index (χ1v) is 2.14. The molecule has 36 valence electrons. The highest BCUT2D eigenvalue weighted by Gasteiger charge is 2.02. The molecule has 1 saturated heterocycles. The summed E-state index contributed by atoms with van der Waals surface area (Å²) in [5, 5.41) is 0. The van der Waals surface area contributed by atoms with Crippen LogP contribution >= 0.6 is 0 Å². The van der Waals surface area contributed by atoms with E-state index in [-0.39, 0.29) is 0 Å². The molecule has 0 spiro atoms. The second-order valence-corrected chi connectivity index (χ2v) is 1.55. The van der Waals surface area contributed by atoms with E-state index in [0.29, 0.717) is 0 Å². The van der Waals surface area contributed by atoms with Crippen LogP contribution in [0.15, 0.2) is 0 Å². The zero-order valence-electron chi connectivity index (χ0n) is 3.74. The Kier molecular flexibility index (Phi) is 1.08. The Hall–Kier alpha value is -0.0800. The highest BCUT2D eigenvalue weighted by atomic mass is 16.5. The molecular weight excluding hydrogens is 78.0 g/mol. The van der Waals surface area contributed by atoms with Crippen molar-refractivity contribution in [3.63, 3.8) is 0 Å². The second-order valence-electron chi connectivity index (χ2n) is 1.55. The SMILES string of the molecule is [CH2-][NH+]1CCOC1.